The third-order valence-electron chi connectivity index (χ3n) is 5.32. The molecule has 0 aliphatic carbocycles. The quantitative estimate of drug-likeness (QED) is 0.496. The van der Waals surface area contributed by atoms with Gasteiger partial charge in [-0.15, -0.1) is 11.3 Å². The van der Waals surface area contributed by atoms with Crippen LogP contribution in [0.25, 0.3) is 10.2 Å². The van der Waals surface area contributed by atoms with Gasteiger partial charge in [0.15, 0.2) is 5.16 Å². The summed E-state index contributed by atoms with van der Waals surface area (Å²) < 4.78 is 1.50. The van der Waals surface area contributed by atoms with Gasteiger partial charge < -0.3 is 10.2 Å². The molecule has 2 amide bonds. The molecule has 0 saturated carbocycles. The smallest absolute Gasteiger partial charge is 0.262 e. The highest BCUT2D eigenvalue weighted by molar-refractivity contribution is 7.99. The zero-order chi connectivity index (χ0) is 21.6. The normalized spacial score (nSPS) is 16.3. The van der Waals surface area contributed by atoms with E-state index in [4.69, 9.17) is 0 Å². The number of fused-ring (bicyclic) bond motifs is 2. The first-order valence-electron chi connectivity index (χ1n) is 9.58. The summed E-state index contributed by atoms with van der Waals surface area (Å²) >= 11 is 2.73. The monoisotopic (exact) mass is 442 g/mol. The molecule has 0 saturated heterocycles. The number of para-hydroxylation sites is 2. The number of carbonyl (C=O) groups excluding carboxylic acids is 2. The van der Waals surface area contributed by atoms with Gasteiger partial charge in [-0.05, 0) is 38.5 Å². The first-order valence-corrected chi connectivity index (χ1v) is 11.4. The summed E-state index contributed by atoms with van der Waals surface area (Å²) in [5, 5.41) is 4.01. The molecular weight excluding hydrogens is 420 g/mol. The van der Waals surface area contributed by atoms with Crippen molar-refractivity contribution in [3.05, 3.63) is 45.1 Å². The summed E-state index contributed by atoms with van der Waals surface area (Å²) in [5.41, 5.74) is 2.17. The van der Waals surface area contributed by atoms with E-state index in [9.17, 15) is 14.4 Å². The maximum atomic E-state index is 13.2. The average molecular weight is 443 g/mol. The Morgan fingerprint density at radius 2 is 2.03 bits per heavy atom. The van der Waals surface area contributed by atoms with Crippen molar-refractivity contribution in [1.29, 1.82) is 0 Å². The van der Waals surface area contributed by atoms with Gasteiger partial charge in [-0.25, -0.2) is 4.98 Å². The van der Waals surface area contributed by atoms with Crippen LogP contribution in [0.4, 0.5) is 11.4 Å². The van der Waals surface area contributed by atoms with Gasteiger partial charge in [0.2, 0.25) is 11.8 Å². The number of carbonyl (C=O) groups is 2. The molecule has 9 heteroatoms. The van der Waals surface area contributed by atoms with Crippen LogP contribution in [0, 0.1) is 13.8 Å². The maximum Gasteiger partial charge on any atom is 0.262 e. The van der Waals surface area contributed by atoms with Crippen LogP contribution < -0.4 is 15.8 Å². The van der Waals surface area contributed by atoms with E-state index in [2.05, 4.69) is 10.3 Å². The van der Waals surface area contributed by atoms with Gasteiger partial charge in [0.25, 0.3) is 5.56 Å². The number of benzene rings is 1. The van der Waals surface area contributed by atoms with Crippen LogP contribution >= 0.6 is 23.1 Å². The lowest BCUT2D eigenvalue weighted by atomic mass is 10.2. The molecule has 0 bridgehead atoms. The van der Waals surface area contributed by atoms with Crippen LogP contribution in [0.2, 0.25) is 0 Å². The Hall–Kier alpha value is -2.65. The van der Waals surface area contributed by atoms with Gasteiger partial charge >= 0.3 is 0 Å². The van der Waals surface area contributed by atoms with Crippen molar-refractivity contribution in [2.75, 3.05) is 16.0 Å². The fourth-order valence-electron chi connectivity index (χ4n) is 3.65. The number of aromatic nitrogens is 2. The van der Waals surface area contributed by atoms with E-state index < -0.39 is 0 Å². The molecule has 0 radical (unpaired) electrons. The van der Waals surface area contributed by atoms with E-state index >= 15 is 0 Å². The Morgan fingerprint density at radius 3 is 2.80 bits per heavy atom. The molecule has 30 heavy (non-hydrogen) atoms. The molecule has 3 aromatic rings. The van der Waals surface area contributed by atoms with Crippen molar-refractivity contribution in [2.24, 2.45) is 7.05 Å². The molecule has 2 aromatic heterocycles. The number of hydrogen-bond acceptors (Lipinski definition) is 6. The molecule has 1 atom stereocenters. The summed E-state index contributed by atoms with van der Waals surface area (Å²) in [5.74, 6) is -0.137. The Balaban J connectivity index is 1.63. The van der Waals surface area contributed by atoms with Crippen molar-refractivity contribution in [3.63, 3.8) is 0 Å². The largest absolute Gasteiger partial charge is 0.324 e. The summed E-state index contributed by atoms with van der Waals surface area (Å²) in [7, 11) is 1.68. The van der Waals surface area contributed by atoms with Crippen LogP contribution in [-0.2, 0) is 16.6 Å². The van der Waals surface area contributed by atoms with Crippen LogP contribution in [0.3, 0.4) is 0 Å². The summed E-state index contributed by atoms with van der Waals surface area (Å²) in [6.07, 6.45) is 0.224. The second-order valence-electron chi connectivity index (χ2n) is 7.39. The van der Waals surface area contributed by atoms with Crippen molar-refractivity contribution in [2.45, 2.75) is 38.4 Å². The Labute approximate surface area is 182 Å². The lowest BCUT2D eigenvalue weighted by molar-refractivity contribution is -0.117. The number of amides is 2. The average Bonchev–Trinajstić information content (AvgIpc) is 2.90. The van der Waals surface area contributed by atoms with Gasteiger partial charge in [-0.2, -0.15) is 0 Å². The molecule has 1 aromatic carbocycles. The minimum atomic E-state index is -0.274. The number of nitrogens with zero attached hydrogens (tertiary/aromatic N) is 3. The third kappa shape index (κ3) is 3.52. The number of thioether (sulfide) groups is 1. The molecule has 1 N–H and O–H groups in total. The van der Waals surface area contributed by atoms with Crippen molar-refractivity contribution in [1.82, 2.24) is 9.55 Å². The minimum absolute atomic E-state index is 0.0971. The number of thiophene rings is 1. The predicted molar refractivity (Wildman–Crippen MR) is 122 cm³/mol. The number of rotatable bonds is 3. The zero-order valence-electron chi connectivity index (χ0n) is 17.2. The fourth-order valence-corrected chi connectivity index (χ4v) is 5.55. The molecule has 156 valence electrons. The summed E-state index contributed by atoms with van der Waals surface area (Å²) in [6, 6.07) is 7.02. The van der Waals surface area contributed by atoms with E-state index in [0.29, 0.717) is 26.7 Å². The van der Waals surface area contributed by atoms with E-state index in [-0.39, 0.29) is 35.6 Å². The van der Waals surface area contributed by atoms with Gasteiger partial charge in [0, 0.05) is 24.4 Å². The fraction of sp³-hybridized carbons (Fsp3) is 0.333. The maximum absolute atomic E-state index is 13.2. The van der Waals surface area contributed by atoms with Crippen LogP contribution in [0.15, 0.2) is 34.2 Å². The lowest BCUT2D eigenvalue weighted by Gasteiger charge is -2.27. The molecule has 0 spiro atoms. The first kappa shape index (κ1) is 20.6. The molecule has 7 nitrogen and oxygen atoms in total. The van der Waals surface area contributed by atoms with E-state index in [1.54, 1.807) is 18.0 Å². The van der Waals surface area contributed by atoms with Crippen molar-refractivity contribution in [3.8, 4) is 0 Å². The molecular formula is C21H22N4O3S2. The highest BCUT2D eigenvalue weighted by Gasteiger charge is 2.29. The number of aryl methyl sites for hydroxylation is 2. The number of nitrogens with one attached hydrogen (secondary N) is 1. The summed E-state index contributed by atoms with van der Waals surface area (Å²) in [6.45, 7) is 5.77. The van der Waals surface area contributed by atoms with Gasteiger partial charge in [-0.1, -0.05) is 23.9 Å². The molecule has 1 aliphatic heterocycles. The topological polar surface area (TPSA) is 84.3 Å². The van der Waals surface area contributed by atoms with Gasteiger partial charge in [0.1, 0.15) is 4.83 Å². The van der Waals surface area contributed by atoms with Crippen molar-refractivity contribution >= 4 is 56.5 Å². The highest BCUT2D eigenvalue weighted by Crippen LogP contribution is 2.33. The third-order valence-corrected chi connectivity index (χ3v) is 7.44. The molecule has 0 fully saturated rings. The Morgan fingerprint density at radius 1 is 1.30 bits per heavy atom. The second-order valence-corrected chi connectivity index (χ2v) is 9.54. The first-order chi connectivity index (χ1) is 14.3. The Kier molecular flexibility index (Phi) is 5.42. The zero-order valence-corrected chi connectivity index (χ0v) is 18.8. The molecule has 1 unspecified atom stereocenters. The van der Waals surface area contributed by atoms with Gasteiger partial charge in [0.05, 0.1) is 22.5 Å². The predicted octanol–water partition coefficient (Wildman–Crippen LogP) is 3.47. The van der Waals surface area contributed by atoms with Crippen LogP contribution in [0.1, 0.15) is 23.8 Å². The van der Waals surface area contributed by atoms with Crippen LogP contribution in [0.5, 0.6) is 0 Å². The molecule has 1 aliphatic rings. The number of hydrogen-bond donors (Lipinski definition) is 1. The SMILES string of the molecule is Cc1sc2nc(SCC(=O)N3c4ccccc4NC(=O)CC3C)n(C)c(=O)c2c1C. The minimum Gasteiger partial charge on any atom is -0.324 e. The standard InChI is InChI=1S/C21H22N4O3S2/c1-11-9-16(26)22-14-7-5-6-8-15(14)25(11)17(27)10-29-21-23-19-18(20(28)24(21)4)12(2)13(3)30-19/h5-8,11H,9-10H2,1-4H3,(H,22,26). The van der Waals surface area contributed by atoms with E-state index in [0.717, 1.165) is 10.4 Å². The molecule has 4 rings (SSSR count). The highest BCUT2D eigenvalue weighted by atomic mass is 32.2. The van der Waals surface area contributed by atoms with E-state index in [1.807, 2.05) is 39.0 Å². The van der Waals surface area contributed by atoms with Crippen molar-refractivity contribution < 1.29 is 9.59 Å². The summed E-state index contributed by atoms with van der Waals surface area (Å²) in [4.78, 5) is 46.2. The number of anilines is 2. The molecule has 3 heterocycles. The Bertz CT molecular complexity index is 1230. The van der Waals surface area contributed by atoms with E-state index in [1.165, 1.54) is 27.7 Å². The van der Waals surface area contributed by atoms with Gasteiger partial charge in [-0.3, -0.25) is 19.0 Å². The second kappa shape index (κ2) is 7.88. The van der Waals surface area contributed by atoms with Crippen LogP contribution in [-0.4, -0.2) is 33.2 Å². The lowest BCUT2D eigenvalue weighted by Crippen LogP contribution is -2.40.